The Morgan fingerprint density at radius 1 is 0.909 bits per heavy atom. The van der Waals surface area contributed by atoms with Gasteiger partial charge in [-0.2, -0.15) is 0 Å². The van der Waals surface area contributed by atoms with E-state index in [4.69, 9.17) is 31.0 Å². The number of rotatable bonds is 21. The Bertz CT molecular complexity index is 525. The highest BCUT2D eigenvalue weighted by Gasteiger charge is 2.19. The maximum absolute atomic E-state index is 11.6. The first kappa shape index (κ1) is 34.0. The van der Waals surface area contributed by atoms with Gasteiger partial charge in [0.1, 0.15) is 6.04 Å². The molecule has 0 radical (unpaired) electrons. The van der Waals surface area contributed by atoms with Crippen molar-refractivity contribution in [2.24, 2.45) is 11.5 Å². The summed E-state index contributed by atoms with van der Waals surface area (Å²) in [5.74, 6) is -1.11. The summed E-state index contributed by atoms with van der Waals surface area (Å²) < 4.78 is 21.5. The van der Waals surface area contributed by atoms with Crippen LogP contribution >= 0.6 is 7.82 Å². The van der Waals surface area contributed by atoms with Gasteiger partial charge < -0.3 is 26.8 Å². The van der Waals surface area contributed by atoms with E-state index in [9.17, 15) is 14.3 Å². The maximum atomic E-state index is 11.6. The highest BCUT2D eigenvalue weighted by Crippen LogP contribution is 2.43. The summed E-state index contributed by atoms with van der Waals surface area (Å²) in [5.41, 5.74) is 10.2. The van der Waals surface area contributed by atoms with Crippen molar-refractivity contribution in [2.45, 2.75) is 110 Å². The molecule has 0 spiro atoms. The zero-order valence-corrected chi connectivity index (χ0v) is 21.6. The number of phosphoric acid groups is 1. The predicted octanol–water partition coefficient (Wildman–Crippen LogP) is 4.50. The van der Waals surface area contributed by atoms with Gasteiger partial charge in [-0.3, -0.25) is 19.3 Å². The summed E-state index contributed by atoms with van der Waals surface area (Å²) in [7, 11) is -3.81. The van der Waals surface area contributed by atoms with E-state index in [1.54, 1.807) is 0 Å². The number of hydrogen-bond acceptors (Lipinski definition) is 6. The van der Waals surface area contributed by atoms with Gasteiger partial charge in [-0.25, -0.2) is 4.57 Å². The summed E-state index contributed by atoms with van der Waals surface area (Å²) in [6.07, 6.45) is 14.7. The number of carboxylic acids is 1. The van der Waals surface area contributed by atoms with Crippen LogP contribution in [0.15, 0.2) is 0 Å². The minimum absolute atomic E-state index is 0.112. The van der Waals surface area contributed by atoms with Gasteiger partial charge in [-0.15, -0.1) is 0 Å². The maximum Gasteiger partial charge on any atom is 0.472 e. The van der Waals surface area contributed by atoms with Crippen LogP contribution in [0.1, 0.15) is 104 Å². The second-order valence-corrected chi connectivity index (χ2v) is 9.55. The van der Waals surface area contributed by atoms with Gasteiger partial charge in [-0.1, -0.05) is 78.1 Å². The van der Waals surface area contributed by atoms with Crippen LogP contribution in [0, 0.1) is 5.41 Å². The molecule has 0 aliphatic carbocycles. The van der Waals surface area contributed by atoms with E-state index in [1.165, 1.54) is 38.5 Å². The van der Waals surface area contributed by atoms with E-state index in [0.717, 1.165) is 38.5 Å². The van der Waals surface area contributed by atoms with Crippen LogP contribution in [0.2, 0.25) is 0 Å². The number of carbonyl (C=O) groups is 1. The molecule has 0 aliphatic rings. The van der Waals surface area contributed by atoms with Crippen LogP contribution in [0.25, 0.3) is 0 Å². The fourth-order valence-electron chi connectivity index (χ4n) is 2.83. The smallest absolute Gasteiger partial charge is 0.472 e. The number of phosphoric ester groups is 1. The van der Waals surface area contributed by atoms with Crippen LogP contribution in [-0.4, -0.2) is 47.7 Å². The van der Waals surface area contributed by atoms with Crippen LogP contribution in [0.4, 0.5) is 0 Å². The van der Waals surface area contributed by atoms with Crippen molar-refractivity contribution in [3.63, 3.8) is 0 Å². The molecule has 0 aromatic rings. The Morgan fingerprint density at radius 3 is 1.76 bits per heavy atom. The van der Waals surface area contributed by atoms with Crippen LogP contribution in [-0.2, 0) is 18.4 Å². The summed E-state index contributed by atoms with van der Waals surface area (Å²) in [4.78, 5) is 19.7. The van der Waals surface area contributed by atoms with Gasteiger partial charge >= 0.3 is 13.8 Å². The SMILES string of the molecule is CCCCCCCCCCOP(=O)(O)OCCCCCC.N=C(N)NCCCC(N)C(=O)O. The van der Waals surface area contributed by atoms with E-state index >= 15 is 0 Å². The van der Waals surface area contributed by atoms with Crippen molar-refractivity contribution < 1.29 is 28.4 Å². The number of guanidine groups is 1. The Balaban J connectivity index is 0. The van der Waals surface area contributed by atoms with Crippen molar-refractivity contribution in [3.05, 3.63) is 0 Å². The van der Waals surface area contributed by atoms with Gasteiger partial charge in [0.15, 0.2) is 5.96 Å². The normalized spacial score (nSPS) is 13.5. The second kappa shape index (κ2) is 24.0. The van der Waals surface area contributed by atoms with E-state index in [2.05, 4.69) is 19.2 Å². The number of aliphatic carboxylic acids is 1. The fourth-order valence-corrected chi connectivity index (χ4v) is 3.62. The molecule has 0 bridgehead atoms. The molecule has 0 saturated carbocycles. The van der Waals surface area contributed by atoms with Crippen molar-refractivity contribution in [2.75, 3.05) is 19.8 Å². The van der Waals surface area contributed by atoms with E-state index < -0.39 is 19.8 Å². The van der Waals surface area contributed by atoms with Crippen molar-refractivity contribution in [3.8, 4) is 0 Å². The second-order valence-electron chi connectivity index (χ2n) is 8.10. The molecular formula is C22H49N4O6P. The molecule has 0 aromatic heterocycles. The highest BCUT2D eigenvalue weighted by atomic mass is 31.2. The summed E-state index contributed by atoms with van der Waals surface area (Å²) >= 11 is 0. The Labute approximate surface area is 200 Å². The van der Waals surface area contributed by atoms with Gasteiger partial charge in [-0.05, 0) is 25.7 Å². The Morgan fingerprint density at radius 2 is 1.33 bits per heavy atom. The zero-order chi connectivity index (χ0) is 25.4. The molecule has 11 heteroatoms. The summed E-state index contributed by atoms with van der Waals surface area (Å²) in [6, 6.07) is -0.821. The minimum atomic E-state index is -3.81. The molecule has 8 N–H and O–H groups in total. The number of nitrogens with two attached hydrogens (primary N) is 2. The third-order valence-corrected chi connectivity index (χ3v) is 5.85. The molecule has 198 valence electrons. The van der Waals surface area contributed by atoms with Crippen molar-refractivity contribution >= 4 is 19.8 Å². The predicted molar refractivity (Wildman–Crippen MR) is 133 cm³/mol. The van der Waals surface area contributed by atoms with E-state index in [0.29, 0.717) is 32.6 Å². The lowest BCUT2D eigenvalue weighted by atomic mass is 10.1. The van der Waals surface area contributed by atoms with Crippen molar-refractivity contribution in [1.82, 2.24) is 5.32 Å². The first-order valence-corrected chi connectivity index (χ1v) is 13.8. The molecule has 0 aliphatic heterocycles. The molecule has 10 nitrogen and oxygen atoms in total. The Kier molecular flexibility index (Phi) is 24.7. The van der Waals surface area contributed by atoms with Crippen molar-refractivity contribution in [1.29, 1.82) is 5.41 Å². The van der Waals surface area contributed by atoms with Gasteiger partial charge in [0.25, 0.3) is 0 Å². The minimum Gasteiger partial charge on any atom is -0.480 e. The molecule has 0 saturated heterocycles. The molecule has 0 heterocycles. The Hall–Kier alpha value is -1.19. The summed E-state index contributed by atoms with van der Waals surface area (Å²) in [6.45, 7) is 5.46. The standard InChI is InChI=1S/C16H35O4P.C6H14N4O2/c1-3-5-7-9-10-11-12-14-16-20-21(17,18)19-15-13-8-6-4-2;7-4(5(11)12)2-1-3-10-6(8)9/h3-16H2,1-2H3,(H,17,18);4H,1-3,7H2,(H,11,12)(H4,8,9,10). The number of unbranched alkanes of at least 4 members (excludes halogenated alkanes) is 10. The topological polar surface area (TPSA) is 181 Å². The van der Waals surface area contributed by atoms with Gasteiger partial charge in [0.05, 0.1) is 13.2 Å². The largest absolute Gasteiger partial charge is 0.480 e. The van der Waals surface area contributed by atoms with Crippen LogP contribution < -0.4 is 16.8 Å². The molecule has 2 unspecified atom stereocenters. The lowest BCUT2D eigenvalue weighted by Gasteiger charge is -2.12. The molecule has 0 aromatic carbocycles. The van der Waals surface area contributed by atoms with Crippen LogP contribution in [0.5, 0.6) is 0 Å². The number of carboxylic acid groups (broad SMARTS) is 1. The zero-order valence-electron chi connectivity index (χ0n) is 20.7. The number of nitrogens with one attached hydrogen (secondary N) is 2. The molecular weight excluding hydrogens is 447 g/mol. The van der Waals surface area contributed by atoms with E-state index in [-0.39, 0.29) is 5.96 Å². The van der Waals surface area contributed by atoms with Crippen LogP contribution in [0.3, 0.4) is 0 Å². The van der Waals surface area contributed by atoms with E-state index in [1.807, 2.05) is 0 Å². The molecule has 0 rings (SSSR count). The number of hydrogen-bond donors (Lipinski definition) is 6. The first-order chi connectivity index (χ1) is 15.7. The average molecular weight is 497 g/mol. The third kappa shape index (κ3) is 28.8. The quantitative estimate of drug-likeness (QED) is 0.0576. The van der Waals surface area contributed by atoms with Gasteiger partial charge in [0, 0.05) is 6.54 Å². The lowest BCUT2D eigenvalue weighted by molar-refractivity contribution is -0.138. The van der Waals surface area contributed by atoms with Gasteiger partial charge in [0.2, 0.25) is 0 Å². The molecule has 0 amide bonds. The monoisotopic (exact) mass is 496 g/mol. The third-order valence-electron chi connectivity index (χ3n) is 4.83. The molecule has 33 heavy (non-hydrogen) atoms. The average Bonchev–Trinajstić information content (AvgIpc) is 2.75. The highest BCUT2D eigenvalue weighted by molar-refractivity contribution is 7.47. The fraction of sp³-hybridized carbons (Fsp3) is 0.909. The molecule has 2 atom stereocenters. The molecule has 0 fully saturated rings. The summed E-state index contributed by atoms with van der Waals surface area (Å²) in [5, 5.41) is 17.7. The lowest BCUT2D eigenvalue weighted by Crippen LogP contribution is -2.34. The first-order valence-electron chi connectivity index (χ1n) is 12.3.